The van der Waals surface area contributed by atoms with Crippen LogP contribution in [-0.2, 0) is 0 Å². The highest BCUT2D eigenvalue weighted by atomic mass is 16.6. The molecular formula is C14H13N3O3. The smallest absolute Gasteiger partial charge is 0.282 e. The van der Waals surface area contributed by atoms with Gasteiger partial charge >= 0.3 is 0 Å². The Morgan fingerprint density at radius 1 is 1.20 bits per heavy atom. The Balaban J connectivity index is 2.40. The molecule has 0 bridgehead atoms. The molecular weight excluding hydrogens is 258 g/mol. The van der Waals surface area contributed by atoms with E-state index in [2.05, 4.69) is 5.32 Å². The van der Waals surface area contributed by atoms with E-state index in [0.717, 1.165) is 0 Å². The van der Waals surface area contributed by atoms with Crippen LogP contribution in [0.25, 0.3) is 0 Å². The number of rotatable bonds is 3. The molecule has 2 aromatic carbocycles. The Hall–Kier alpha value is -2.89. The van der Waals surface area contributed by atoms with Gasteiger partial charge in [0.15, 0.2) is 0 Å². The van der Waals surface area contributed by atoms with Gasteiger partial charge in [-0.2, -0.15) is 0 Å². The van der Waals surface area contributed by atoms with Crippen LogP contribution in [0.5, 0.6) is 0 Å². The van der Waals surface area contributed by atoms with Crippen molar-refractivity contribution in [3.63, 3.8) is 0 Å². The first-order valence-electron chi connectivity index (χ1n) is 5.90. The molecule has 6 nitrogen and oxygen atoms in total. The first-order valence-corrected chi connectivity index (χ1v) is 5.90. The zero-order valence-corrected chi connectivity index (χ0v) is 10.8. The number of amides is 1. The van der Waals surface area contributed by atoms with Crippen molar-refractivity contribution in [2.24, 2.45) is 0 Å². The van der Waals surface area contributed by atoms with E-state index < -0.39 is 10.8 Å². The Kier molecular flexibility index (Phi) is 3.65. The number of hydrogen-bond acceptors (Lipinski definition) is 4. The molecule has 0 unspecified atom stereocenters. The molecule has 2 aromatic rings. The Labute approximate surface area is 115 Å². The maximum absolute atomic E-state index is 12.2. The van der Waals surface area contributed by atoms with Crippen molar-refractivity contribution >= 4 is 23.0 Å². The standard InChI is InChI=1S/C14H13N3O3/c1-9-5-4-8-12(17(19)20)13(9)14(18)16-11-7-3-2-6-10(11)15/h2-8H,15H2,1H3,(H,16,18). The van der Waals surface area contributed by atoms with Gasteiger partial charge in [-0.1, -0.05) is 24.3 Å². The van der Waals surface area contributed by atoms with E-state index in [1.807, 2.05) is 0 Å². The first-order chi connectivity index (χ1) is 9.50. The minimum atomic E-state index is -0.573. The molecule has 0 aliphatic heterocycles. The predicted octanol–water partition coefficient (Wildman–Crippen LogP) is 2.74. The lowest BCUT2D eigenvalue weighted by Crippen LogP contribution is -2.16. The summed E-state index contributed by atoms with van der Waals surface area (Å²) >= 11 is 0. The first kappa shape index (κ1) is 13.5. The van der Waals surface area contributed by atoms with Crippen molar-refractivity contribution in [1.82, 2.24) is 0 Å². The number of nitro groups is 1. The number of carbonyl (C=O) groups is 1. The van der Waals surface area contributed by atoms with Crippen molar-refractivity contribution in [2.45, 2.75) is 6.92 Å². The van der Waals surface area contributed by atoms with E-state index in [0.29, 0.717) is 16.9 Å². The van der Waals surface area contributed by atoms with Gasteiger partial charge in [0.2, 0.25) is 0 Å². The molecule has 6 heteroatoms. The number of nitro benzene ring substituents is 1. The number of anilines is 2. The van der Waals surface area contributed by atoms with Gasteiger partial charge in [0.05, 0.1) is 16.3 Å². The largest absolute Gasteiger partial charge is 0.397 e. The molecule has 0 saturated carbocycles. The van der Waals surface area contributed by atoms with Crippen LogP contribution in [0.4, 0.5) is 17.1 Å². The van der Waals surface area contributed by atoms with Crippen LogP contribution in [0, 0.1) is 17.0 Å². The van der Waals surface area contributed by atoms with Gasteiger partial charge in [-0.3, -0.25) is 14.9 Å². The lowest BCUT2D eigenvalue weighted by molar-refractivity contribution is -0.385. The van der Waals surface area contributed by atoms with Crippen LogP contribution in [0.15, 0.2) is 42.5 Å². The Morgan fingerprint density at radius 3 is 2.55 bits per heavy atom. The van der Waals surface area contributed by atoms with Gasteiger partial charge in [-0.25, -0.2) is 0 Å². The molecule has 0 aliphatic carbocycles. The number of nitrogens with one attached hydrogen (secondary N) is 1. The summed E-state index contributed by atoms with van der Waals surface area (Å²) in [5, 5.41) is 13.6. The lowest BCUT2D eigenvalue weighted by Gasteiger charge is -2.09. The summed E-state index contributed by atoms with van der Waals surface area (Å²) in [5.41, 5.74) is 6.91. The average molecular weight is 271 g/mol. The lowest BCUT2D eigenvalue weighted by atomic mass is 10.1. The van der Waals surface area contributed by atoms with Gasteiger partial charge in [-0.15, -0.1) is 0 Å². The summed E-state index contributed by atoms with van der Waals surface area (Å²) in [7, 11) is 0. The third-order valence-corrected chi connectivity index (χ3v) is 2.88. The van der Waals surface area contributed by atoms with Gasteiger partial charge < -0.3 is 11.1 Å². The summed E-state index contributed by atoms with van der Waals surface area (Å²) in [6.07, 6.45) is 0. The molecule has 0 spiro atoms. The molecule has 0 aromatic heterocycles. The monoisotopic (exact) mass is 271 g/mol. The van der Waals surface area contributed by atoms with Crippen LogP contribution in [0.2, 0.25) is 0 Å². The summed E-state index contributed by atoms with van der Waals surface area (Å²) in [5.74, 6) is -0.548. The van der Waals surface area contributed by atoms with Gasteiger partial charge in [0.25, 0.3) is 11.6 Å². The molecule has 1 amide bonds. The molecule has 20 heavy (non-hydrogen) atoms. The number of nitrogen functional groups attached to an aromatic ring is 1. The summed E-state index contributed by atoms with van der Waals surface area (Å²) in [6, 6.07) is 11.2. The second-order valence-corrected chi connectivity index (χ2v) is 4.27. The van der Waals surface area contributed by atoms with Crippen molar-refractivity contribution in [3.05, 3.63) is 63.7 Å². The van der Waals surface area contributed by atoms with Gasteiger partial charge in [-0.05, 0) is 24.6 Å². The van der Waals surface area contributed by atoms with Crippen molar-refractivity contribution in [1.29, 1.82) is 0 Å². The Bertz CT molecular complexity index is 683. The van der Waals surface area contributed by atoms with Crippen molar-refractivity contribution < 1.29 is 9.72 Å². The van der Waals surface area contributed by atoms with E-state index >= 15 is 0 Å². The number of hydrogen-bond donors (Lipinski definition) is 2. The van der Waals surface area contributed by atoms with Gasteiger partial charge in [0, 0.05) is 6.07 Å². The molecule has 0 atom stereocenters. The number of benzene rings is 2. The zero-order valence-electron chi connectivity index (χ0n) is 10.8. The summed E-state index contributed by atoms with van der Waals surface area (Å²) < 4.78 is 0. The van der Waals surface area contributed by atoms with E-state index in [1.54, 1.807) is 43.3 Å². The van der Waals surface area contributed by atoms with Crippen molar-refractivity contribution in [2.75, 3.05) is 11.1 Å². The predicted molar refractivity (Wildman–Crippen MR) is 76.6 cm³/mol. The molecule has 2 rings (SSSR count). The molecule has 0 aliphatic rings. The highest BCUT2D eigenvalue weighted by Crippen LogP contribution is 2.24. The normalized spacial score (nSPS) is 10.1. The number of para-hydroxylation sites is 2. The van der Waals surface area contributed by atoms with Crippen LogP contribution < -0.4 is 11.1 Å². The number of carbonyl (C=O) groups excluding carboxylic acids is 1. The minimum Gasteiger partial charge on any atom is -0.397 e. The van der Waals surface area contributed by atoms with Gasteiger partial charge in [0.1, 0.15) is 5.56 Å². The quantitative estimate of drug-likeness (QED) is 0.509. The topological polar surface area (TPSA) is 98.3 Å². The number of nitrogens with zero attached hydrogens (tertiary/aromatic N) is 1. The average Bonchev–Trinajstić information content (AvgIpc) is 2.40. The van der Waals surface area contributed by atoms with E-state index in [9.17, 15) is 14.9 Å². The fourth-order valence-corrected chi connectivity index (χ4v) is 1.90. The van der Waals surface area contributed by atoms with Crippen LogP contribution in [0.1, 0.15) is 15.9 Å². The third-order valence-electron chi connectivity index (χ3n) is 2.88. The van der Waals surface area contributed by atoms with E-state index in [1.165, 1.54) is 6.07 Å². The van der Waals surface area contributed by atoms with Crippen LogP contribution in [-0.4, -0.2) is 10.8 Å². The maximum Gasteiger partial charge on any atom is 0.282 e. The molecule has 3 N–H and O–H groups in total. The molecule has 102 valence electrons. The second-order valence-electron chi connectivity index (χ2n) is 4.27. The third kappa shape index (κ3) is 2.59. The van der Waals surface area contributed by atoms with Crippen LogP contribution >= 0.6 is 0 Å². The fourth-order valence-electron chi connectivity index (χ4n) is 1.90. The molecule has 0 radical (unpaired) electrons. The highest BCUT2D eigenvalue weighted by Gasteiger charge is 2.22. The zero-order chi connectivity index (χ0) is 14.7. The summed E-state index contributed by atoms with van der Waals surface area (Å²) in [4.78, 5) is 22.7. The molecule has 0 fully saturated rings. The van der Waals surface area contributed by atoms with E-state index in [4.69, 9.17) is 5.73 Å². The van der Waals surface area contributed by atoms with Crippen LogP contribution in [0.3, 0.4) is 0 Å². The second kappa shape index (κ2) is 5.40. The Morgan fingerprint density at radius 2 is 1.90 bits per heavy atom. The fraction of sp³-hybridized carbons (Fsp3) is 0.0714. The van der Waals surface area contributed by atoms with E-state index in [-0.39, 0.29) is 11.3 Å². The SMILES string of the molecule is Cc1cccc([N+](=O)[O-])c1C(=O)Nc1ccccc1N. The molecule has 0 saturated heterocycles. The summed E-state index contributed by atoms with van der Waals surface area (Å²) in [6.45, 7) is 1.65. The van der Waals surface area contributed by atoms with Crippen molar-refractivity contribution in [3.8, 4) is 0 Å². The highest BCUT2D eigenvalue weighted by molar-refractivity contribution is 6.09. The number of aryl methyl sites for hydroxylation is 1. The maximum atomic E-state index is 12.2. The minimum absolute atomic E-state index is 0.0424. The molecule has 0 heterocycles. The number of nitrogens with two attached hydrogens (primary N) is 1.